The van der Waals surface area contributed by atoms with Gasteiger partial charge in [-0.2, -0.15) is 0 Å². The molecule has 0 radical (unpaired) electrons. The summed E-state index contributed by atoms with van der Waals surface area (Å²) in [5.41, 5.74) is 2.67. The molecule has 180 valence electrons. The summed E-state index contributed by atoms with van der Waals surface area (Å²) in [4.78, 5) is 35.8. The maximum absolute atomic E-state index is 13.5. The molecule has 1 fully saturated rings. The van der Waals surface area contributed by atoms with Gasteiger partial charge >= 0.3 is 0 Å². The zero-order valence-electron chi connectivity index (χ0n) is 20.1. The number of benzene rings is 1. The molecule has 0 bridgehead atoms. The minimum absolute atomic E-state index is 0.0436. The average molecular weight is 473 g/mol. The van der Waals surface area contributed by atoms with Gasteiger partial charge in [0, 0.05) is 32.4 Å². The number of rotatable bonds is 4. The second-order valence-electron chi connectivity index (χ2n) is 8.98. The van der Waals surface area contributed by atoms with Gasteiger partial charge in [-0.15, -0.1) is 0 Å². The van der Waals surface area contributed by atoms with Gasteiger partial charge in [0.15, 0.2) is 0 Å². The number of nitrogens with one attached hydrogen (secondary N) is 1. The highest BCUT2D eigenvalue weighted by atomic mass is 16.5. The van der Waals surface area contributed by atoms with E-state index in [1.54, 1.807) is 34.9 Å². The van der Waals surface area contributed by atoms with Crippen LogP contribution >= 0.6 is 0 Å². The molecule has 4 heterocycles. The summed E-state index contributed by atoms with van der Waals surface area (Å²) in [5, 5.41) is 9.32. The highest BCUT2D eigenvalue weighted by Crippen LogP contribution is 2.17. The van der Waals surface area contributed by atoms with Gasteiger partial charge in [0.2, 0.25) is 0 Å². The molecule has 0 aliphatic carbocycles. The number of amides is 1. The predicted octanol–water partition coefficient (Wildman–Crippen LogP) is 1.88. The van der Waals surface area contributed by atoms with Crippen molar-refractivity contribution in [3.8, 4) is 5.75 Å². The summed E-state index contributed by atoms with van der Waals surface area (Å²) >= 11 is 0. The van der Waals surface area contributed by atoms with Gasteiger partial charge < -0.3 is 19.1 Å². The maximum Gasteiger partial charge on any atom is 0.267 e. The minimum atomic E-state index is -0.260. The van der Waals surface area contributed by atoms with Gasteiger partial charge in [-0.3, -0.25) is 19.4 Å². The van der Waals surface area contributed by atoms with Crippen molar-refractivity contribution in [2.75, 3.05) is 40.3 Å². The van der Waals surface area contributed by atoms with Crippen LogP contribution in [0.15, 0.2) is 53.5 Å². The summed E-state index contributed by atoms with van der Waals surface area (Å²) in [7, 11) is 3.63. The number of hydrogen-bond donors (Lipinski definition) is 1. The third-order valence-electron chi connectivity index (χ3n) is 6.65. The van der Waals surface area contributed by atoms with E-state index in [4.69, 9.17) is 15.1 Å². The van der Waals surface area contributed by atoms with E-state index < -0.39 is 0 Å². The summed E-state index contributed by atoms with van der Waals surface area (Å²) in [6.07, 6.45) is 1.68. The van der Waals surface area contributed by atoms with Gasteiger partial charge in [0.1, 0.15) is 22.5 Å². The SMILES string of the molecule is COc1ccc(Cn2c(=N)c(C(=O)N3CCN(C)CC3)cc3c(=O)n4cccc(C)c4nc32)cc1. The number of hydrogen-bond acceptors (Lipinski definition) is 6. The van der Waals surface area contributed by atoms with E-state index in [0.717, 1.165) is 30.0 Å². The fourth-order valence-electron chi connectivity index (χ4n) is 4.51. The number of aryl methyl sites for hydroxylation is 1. The van der Waals surface area contributed by atoms with E-state index in [1.807, 2.05) is 44.3 Å². The minimum Gasteiger partial charge on any atom is -0.497 e. The van der Waals surface area contributed by atoms with Crippen molar-refractivity contribution < 1.29 is 9.53 Å². The van der Waals surface area contributed by atoms with Crippen LogP contribution < -0.4 is 15.8 Å². The number of aromatic nitrogens is 3. The largest absolute Gasteiger partial charge is 0.497 e. The van der Waals surface area contributed by atoms with Gasteiger partial charge in [-0.25, -0.2) is 4.98 Å². The van der Waals surface area contributed by atoms with Crippen LogP contribution in [0.2, 0.25) is 0 Å². The Morgan fingerprint density at radius 1 is 1.09 bits per heavy atom. The van der Waals surface area contributed by atoms with Crippen LogP contribution in [0, 0.1) is 12.3 Å². The van der Waals surface area contributed by atoms with Crippen LogP contribution in [0.5, 0.6) is 5.75 Å². The van der Waals surface area contributed by atoms with Crippen LogP contribution in [0.1, 0.15) is 21.5 Å². The molecule has 1 aromatic carbocycles. The van der Waals surface area contributed by atoms with E-state index in [2.05, 4.69) is 4.90 Å². The first-order valence-corrected chi connectivity index (χ1v) is 11.6. The Balaban J connectivity index is 1.73. The summed E-state index contributed by atoms with van der Waals surface area (Å²) in [6.45, 7) is 4.89. The molecule has 0 spiro atoms. The predicted molar refractivity (Wildman–Crippen MR) is 133 cm³/mol. The quantitative estimate of drug-likeness (QED) is 0.458. The lowest BCUT2D eigenvalue weighted by molar-refractivity contribution is 0.0661. The number of likely N-dealkylation sites (N-methyl/N-ethyl adjacent to an activating group) is 1. The van der Waals surface area contributed by atoms with E-state index >= 15 is 0 Å². The molecule has 1 aliphatic rings. The number of carbonyl (C=O) groups is 1. The lowest BCUT2D eigenvalue weighted by Gasteiger charge is -2.32. The molecule has 9 nitrogen and oxygen atoms in total. The Morgan fingerprint density at radius 2 is 1.80 bits per heavy atom. The number of ether oxygens (including phenoxy) is 1. The molecule has 0 atom stereocenters. The average Bonchev–Trinajstić information content (AvgIpc) is 2.87. The van der Waals surface area contributed by atoms with Crippen molar-refractivity contribution in [2.24, 2.45) is 0 Å². The molecule has 1 amide bonds. The van der Waals surface area contributed by atoms with Crippen LogP contribution in [-0.4, -0.2) is 70.0 Å². The molecular formula is C26H28N6O3. The molecule has 35 heavy (non-hydrogen) atoms. The van der Waals surface area contributed by atoms with Gasteiger partial charge in [0.25, 0.3) is 11.5 Å². The molecule has 1 saturated heterocycles. The van der Waals surface area contributed by atoms with Crippen molar-refractivity contribution in [2.45, 2.75) is 13.5 Å². The topological polar surface area (TPSA) is 95.9 Å². The Bertz CT molecular complexity index is 1550. The highest BCUT2D eigenvalue weighted by molar-refractivity contribution is 5.97. The molecular weight excluding hydrogens is 444 g/mol. The van der Waals surface area contributed by atoms with Crippen molar-refractivity contribution in [3.05, 3.63) is 81.2 Å². The van der Waals surface area contributed by atoms with E-state index in [0.29, 0.717) is 29.8 Å². The third-order valence-corrected chi connectivity index (χ3v) is 6.65. The molecule has 1 N–H and O–H groups in total. The van der Waals surface area contributed by atoms with E-state index in [-0.39, 0.29) is 29.1 Å². The first-order chi connectivity index (χ1) is 16.9. The van der Waals surface area contributed by atoms with Crippen molar-refractivity contribution in [1.82, 2.24) is 23.8 Å². The normalized spacial score (nSPS) is 14.5. The van der Waals surface area contributed by atoms with E-state index in [1.165, 1.54) is 4.40 Å². The molecule has 4 aromatic rings. The molecule has 9 heteroatoms. The second-order valence-corrected chi connectivity index (χ2v) is 8.98. The van der Waals surface area contributed by atoms with Crippen molar-refractivity contribution >= 4 is 22.6 Å². The van der Waals surface area contributed by atoms with Crippen LogP contribution in [0.25, 0.3) is 16.7 Å². The van der Waals surface area contributed by atoms with Gasteiger partial charge in [-0.1, -0.05) is 18.2 Å². The van der Waals surface area contributed by atoms with Crippen LogP contribution in [0.4, 0.5) is 0 Å². The van der Waals surface area contributed by atoms with Gasteiger partial charge in [-0.05, 0) is 49.4 Å². The van der Waals surface area contributed by atoms with Crippen LogP contribution in [0.3, 0.4) is 0 Å². The Morgan fingerprint density at radius 3 is 2.49 bits per heavy atom. The van der Waals surface area contributed by atoms with Crippen LogP contribution in [-0.2, 0) is 6.54 Å². The number of pyridine rings is 2. The fraction of sp³-hybridized carbons (Fsp3) is 0.308. The summed E-state index contributed by atoms with van der Waals surface area (Å²) in [6, 6.07) is 12.8. The highest BCUT2D eigenvalue weighted by Gasteiger charge is 2.24. The van der Waals surface area contributed by atoms with Crippen molar-refractivity contribution in [3.63, 3.8) is 0 Å². The third kappa shape index (κ3) is 4.08. The Labute approximate surface area is 202 Å². The second kappa shape index (κ2) is 8.99. The number of piperazine rings is 1. The number of methoxy groups -OCH3 is 1. The molecule has 1 aliphatic heterocycles. The maximum atomic E-state index is 13.5. The first kappa shape index (κ1) is 22.8. The zero-order valence-corrected chi connectivity index (χ0v) is 20.1. The number of fused-ring (bicyclic) bond motifs is 2. The molecule has 5 rings (SSSR count). The summed E-state index contributed by atoms with van der Waals surface area (Å²) in [5.74, 6) is 0.494. The Hall–Kier alpha value is -3.98. The Kier molecular flexibility index (Phi) is 5.86. The lowest BCUT2D eigenvalue weighted by Crippen LogP contribution is -2.48. The first-order valence-electron chi connectivity index (χ1n) is 11.6. The molecule has 0 unspecified atom stereocenters. The zero-order chi connectivity index (χ0) is 24.7. The lowest BCUT2D eigenvalue weighted by atomic mass is 10.1. The number of nitrogens with zero attached hydrogens (tertiary/aromatic N) is 5. The molecule has 3 aromatic heterocycles. The molecule has 0 saturated carbocycles. The number of carbonyl (C=O) groups excluding carboxylic acids is 1. The fourth-order valence-corrected chi connectivity index (χ4v) is 4.51. The smallest absolute Gasteiger partial charge is 0.267 e. The monoisotopic (exact) mass is 472 g/mol. The standard InChI is InChI=1S/C26H28N6O3/c1-17-5-4-10-31-23(17)28-24-21(26(31)34)15-20(25(33)30-13-11-29(2)12-14-30)22(27)32(24)16-18-6-8-19(35-3)9-7-18/h4-10,15,27H,11-14,16H2,1-3H3. The van der Waals surface area contributed by atoms with Crippen molar-refractivity contribution in [1.29, 1.82) is 5.41 Å². The van der Waals surface area contributed by atoms with Gasteiger partial charge in [0.05, 0.1) is 24.6 Å². The van der Waals surface area contributed by atoms with E-state index in [9.17, 15) is 9.59 Å². The summed E-state index contributed by atoms with van der Waals surface area (Å²) < 4.78 is 8.43.